The third-order valence-electron chi connectivity index (χ3n) is 2.23. The first kappa shape index (κ1) is 11.1. The zero-order valence-electron chi connectivity index (χ0n) is 8.89. The highest BCUT2D eigenvalue weighted by Crippen LogP contribution is 2.29. The minimum Gasteiger partial charge on any atom is -0.410 e. The number of rotatable bonds is 2. The first-order valence-corrected chi connectivity index (χ1v) is 4.99. The highest BCUT2D eigenvalue weighted by atomic mass is 19.1. The normalized spacial score (nSPS) is 9.94. The Morgan fingerprint density at radius 1 is 1.12 bits per heavy atom. The maximum atomic E-state index is 13.1. The maximum Gasteiger partial charge on any atom is 0.409 e. The largest absolute Gasteiger partial charge is 0.410 e. The number of amides is 1. The van der Waals surface area contributed by atoms with Crippen LogP contribution in [-0.2, 0) is 0 Å². The van der Waals surface area contributed by atoms with E-state index in [0.29, 0.717) is 16.9 Å². The van der Waals surface area contributed by atoms with E-state index in [1.165, 1.54) is 12.1 Å². The first-order valence-electron chi connectivity index (χ1n) is 4.99. The van der Waals surface area contributed by atoms with Gasteiger partial charge in [0.05, 0.1) is 0 Å². The summed E-state index contributed by atoms with van der Waals surface area (Å²) in [5.41, 5.74) is 6.21. The molecule has 0 aliphatic rings. The van der Waals surface area contributed by atoms with Gasteiger partial charge in [-0.3, -0.25) is 0 Å². The highest BCUT2D eigenvalue weighted by Gasteiger charge is 2.08. The number of hydrogen-bond donors (Lipinski definition) is 1. The fourth-order valence-electron chi connectivity index (χ4n) is 1.56. The Balaban J connectivity index is 2.47. The molecule has 1 amide bonds. The number of carbonyl (C=O) groups excluding carboxylic acids is 1. The molecule has 0 bridgehead atoms. The third kappa shape index (κ3) is 2.60. The summed E-state index contributed by atoms with van der Waals surface area (Å²) in [4.78, 5) is 10.7. The molecule has 0 atom stereocenters. The van der Waals surface area contributed by atoms with E-state index >= 15 is 0 Å². The van der Waals surface area contributed by atoms with Gasteiger partial charge in [-0.2, -0.15) is 0 Å². The molecule has 0 aliphatic heterocycles. The van der Waals surface area contributed by atoms with E-state index in [-0.39, 0.29) is 5.82 Å². The van der Waals surface area contributed by atoms with Crippen LogP contribution in [-0.4, -0.2) is 6.09 Å². The van der Waals surface area contributed by atoms with E-state index < -0.39 is 6.09 Å². The lowest BCUT2D eigenvalue weighted by molar-refractivity contribution is 0.211. The molecule has 0 heterocycles. The van der Waals surface area contributed by atoms with Crippen LogP contribution in [0.15, 0.2) is 48.5 Å². The average molecular weight is 231 g/mol. The SMILES string of the molecule is NC(=O)Oc1ccccc1-c1cccc(F)c1. The Morgan fingerprint density at radius 2 is 1.88 bits per heavy atom. The molecule has 2 aromatic rings. The number of nitrogens with two attached hydrogens (primary N) is 1. The van der Waals surface area contributed by atoms with Crippen LogP contribution in [0.25, 0.3) is 11.1 Å². The molecule has 0 spiro atoms. The van der Waals surface area contributed by atoms with Gasteiger partial charge in [0.15, 0.2) is 0 Å². The van der Waals surface area contributed by atoms with E-state index in [2.05, 4.69) is 0 Å². The van der Waals surface area contributed by atoms with Crippen LogP contribution in [0.4, 0.5) is 9.18 Å². The predicted octanol–water partition coefficient (Wildman–Crippen LogP) is 2.95. The van der Waals surface area contributed by atoms with Gasteiger partial charge < -0.3 is 10.5 Å². The van der Waals surface area contributed by atoms with Crippen molar-refractivity contribution in [2.75, 3.05) is 0 Å². The first-order chi connectivity index (χ1) is 8.16. The van der Waals surface area contributed by atoms with Gasteiger partial charge >= 0.3 is 6.09 Å². The lowest BCUT2D eigenvalue weighted by Gasteiger charge is -2.08. The molecule has 0 aliphatic carbocycles. The molecule has 2 aromatic carbocycles. The summed E-state index contributed by atoms with van der Waals surface area (Å²) in [5, 5.41) is 0. The van der Waals surface area contributed by atoms with Crippen molar-refractivity contribution in [1.29, 1.82) is 0 Å². The van der Waals surface area contributed by atoms with Crippen LogP contribution in [0.5, 0.6) is 5.75 Å². The van der Waals surface area contributed by atoms with E-state index in [1.807, 2.05) is 0 Å². The quantitative estimate of drug-likeness (QED) is 0.863. The summed E-state index contributed by atoms with van der Waals surface area (Å²) in [6.07, 6.45) is -0.895. The standard InChI is InChI=1S/C13H10FNO2/c14-10-5-3-4-9(8-10)11-6-1-2-7-12(11)17-13(15)16/h1-8H,(H2,15,16). The minimum absolute atomic E-state index is 0.311. The Hall–Kier alpha value is -2.36. The average Bonchev–Trinajstić information content (AvgIpc) is 2.29. The number of ether oxygens (including phenoxy) is 1. The molecule has 86 valence electrons. The van der Waals surface area contributed by atoms with Crippen molar-refractivity contribution in [3.63, 3.8) is 0 Å². The van der Waals surface area contributed by atoms with Crippen molar-refractivity contribution in [2.24, 2.45) is 5.73 Å². The van der Waals surface area contributed by atoms with E-state index in [0.717, 1.165) is 0 Å². The third-order valence-corrected chi connectivity index (χ3v) is 2.23. The second-order valence-electron chi connectivity index (χ2n) is 3.43. The molecule has 0 aromatic heterocycles. The van der Waals surface area contributed by atoms with Crippen molar-refractivity contribution in [3.8, 4) is 16.9 Å². The summed E-state index contributed by atoms with van der Waals surface area (Å²) in [5.74, 6) is -0.0398. The van der Waals surface area contributed by atoms with Crippen LogP contribution in [0.1, 0.15) is 0 Å². The summed E-state index contributed by atoms with van der Waals surface area (Å²) in [7, 11) is 0. The summed E-state index contributed by atoms with van der Waals surface area (Å²) in [6.45, 7) is 0. The molecule has 17 heavy (non-hydrogen) atoms. The van der Waals surface area contributed by atoms with Crippen LogP contribution >= 0.6 is 0 Å². The summed E-state index contributed by atoms with van der Waals surface area (Å²) >= 11 is 0. The van der Waals surface area contributed by atoms with Gasteiger partial charge in [-0.1, -0.05) is 30.3 Å². The number of halogens is 1. The lowest BCUT2D eigenvalue weighted by Crippen LogP contribution is -2.16. The topological polar surface area (TPSA) is 52.3 Å². The van der Waals surface area contributed by atoms with Crippen molar-refractivity contribution in [1.82, 2.24) is 0 Å². The summed E-state index contributed by atoms with van der Waals surface area (Å²) < 4.78 is 18.0. The van der Waals surface area contributed by atoms with E-state index in [1.54, 1.807) is 36.4 Å². The van der Waals surface area contributed by atoms with Crippen LogP contribution in [0.2, 0.25) is 0 Å². The Bertz CT molecular complexity index is 555. The summed E-state index contributed by atoms with van der Waals surface area (Å²) in [6, 6.07) is 12.8. The number of benzene rings is 2. The van der Waals surface area contributed by atoms with Gasteiger partial charge in [0, 0.05) is 5.56 Å². The molecule has 0 radical (unpaired) electrons. The van der Waals surface area contributed by atoms with E-state index in [9.17, 15) is 9.18 Å². The highest BCUT2D eigenvalue weighted by molar-refractivity contribution is 5.76. The Kier molecular flexibility index (Phi) is 3.05. The smallest absolute Gasteiger partial charge is 0.409 e. The Morgan fingerprint density at radius 3 is 2.59 bits per heavy atom. The van der Waals surface area contributed by atoms with Gasteiger partial charge in [-0.15, -0.1) is 0 Å². The molecule has 0 saturated heterocycles. The molecule has 0 saturated carbocycles. The van der Waals surface area contributed by atoms with Crippen LogP contribution < -0.4 is 10.5 Å². The van der Waals surface area contributed by atoms with E-state index in [4.69, 9.17) is 10.5 Å². The monoisotopic (exact) mass is 231 g/mol. The number of carbonyl (C=O) groups is 1. The number of primary amides is 1. The van der Waals surface area contributed by atoms with Gasteiger partial charge in [0.25, 0.3) is 0 Å². The second-order valence-corrected chi connectivity index (χ2v) is 3.43. The Labute approximate surface area is 97.6 Å². The van der Waals surface area contributed by atoms with Crippen molar-refractivity contribution in [2.45, 2.75) is 0 Å². The van der Waals surface area contributed by atoms with Crippen molar-refractivity contribution in [3.05, 3.63) is 54.3 Å². The number of hydrogen-bond acceptors (Lipinski definition) is 2. The molecule has 0 unspecified atom stereocenters. The van der Waals surface area contributed by atoms with Crippen molar-refractivity contribution >= 4 is 6.09 Å². The molecule has 0 fully saturated rings. The fourth-order valence-corrected chi connectivity index (χ4v) is 1.56. The lowest BCUT2D eigenvalue weighted by atomic mass is 10.0. The molecule has 2 rings (SSSR count). The van der Waals surface area contributed by atoms with Gasteiger partial charge in [0.1, 0.15) is 11.6 Å². The van der Waals surface area contributed by atoms with Gasteiger partial charge in [-0.05, 0) is 23.8 Å². The fraction of sp³-hybridized carbons (Fsp3) is 0. The molecule has 3 nitrogen and oxygen atoms in total. The molecule has 2 N–H and O–H groups in total. The van der Waals surface area contributed by atoms with Gasteiger partial charge in [0.2, 0.25) is 0 Å². The maximum absolute atomic E-state index is 13.1. The minimum atomic E-state index is -0.895. The van der Waals surface area contributed by atoms with Gasteiger partial charge in [-0.25, -0.2) is 9.18 Å². The zero-order chi connectivity index (χ0) is 12.3. The predicted molar refractivity (Wildman–Crippen MR) is 62.0 cm³/mol. The zero-order valence-corrected chi connectivity index (χ0v) is 8.89. The second kappa shape index (κ2) is 4.65. The van der Waals surface area contributed by atoms with Crippen LogP contribution in [0.3, 0.4) is 0 Å². The van der Waals surface area contributed by atoms with Crippen molar-refractivity contribution < 1.29 is 13.9 Å². The van der Waals surface area contributed by atoms with Crippen LogP contribution in [0, 0.1) is 5.82 Å². The molecule has 4 heteroatoms. The molecular weight excluding hydrogens is 221 g/mol. The molecular formula is C13H10FNO2. The number of para-hydroxylation sites is 1.